The fraction of sp³-hybridized carbons (Fsp3) is 0.500. The highest BCUT2D eigenvalue weighted by atomic mass is 16.6. The van der Waals surface area contributed by atoms with Crippen molar-refractivity contribution < 1.29 is 14.6 Å². The number of amides is 1. The summed E-state index contributed by atoms with van der Waals surface area (Å²) in [5.74, 6) is 0.416. The zero-order valence-electron chi connectivity index (χ0n) is 10.4. The molecule has 0 radical (unpaired) electrons. The molecule has 0 aliphatic carbocycles. The Bertz CT molecular complexity index is 380. The SMILES string of the molecule is O=C(OCc1ccccc1)N1CC[C@@H](CCO)C1. The maximum absolute atomic E-state index is 11.8. The molecule has 0 unspecified atom stereocenters. The third-order valence-corrected chi connectivity index (χ3v) is 3.29. The summed E-state index contributed by atoms with van der Waals surface area (Å²) in [6.45, 7) is 1.95. The van der Waals surface area contributed by atoms with Gasteiger partial charge in [0.05, 0.1) is 0 Å². The molecule has 1 N–H and O–H groups in total. The normalized spacial score (nSPS) is 18.9. The molecule has 0 spiro atoms. The smallest absolute Gasteiger partial charge is 0.410 e. The van der Waals surface area contributed by atoms with Gasteiger partial charge in [-0.1, -0.05) is 30.3 Å². The van der Waals surface area contributed by atoms with Crippen LogP contribution in [0.15, 0.2) is 30.3 Å². The Morgan fingerprint density at radius 2 is 2.17 bits per heavy atom. The molecular weight excluding hydrogens is 230 g/mol. The molecule has 1 aliphatic heterocycles. The molecule has 1 aliphatic rings. The van der Waals surface area contributed by atoms with Gasteiger partial charge in [0, 0.05) is 19.7 Å². The van der Waals surface area contributed by atoms with E-state index in [0.717, 1.165) is 24.9 Å². The number of aliphatic hydroxyl groups excluding tert-OH is 1. The van der Waals surface area contributed by atoms with Crippen molar-refractivity contribution in [1.82, 2.24) is 4.90 Å². The summed E-state index contributed by atoms with van der Waals surface area (Å²) in [6, 6.07) is 9.66. The molecule has 0 aromatic heterocycles. The zero-order chi connectivity index (χ0) is 12.8. The number of rotatable bonds is 4. The summed E-state index contributed by atoms with van der Waals surface area (Å²) >= 11 is 0. The van der Waals surface area contributed by atoms with Crippen molar-refractivity contribution in [2.75, 3.05) is 19.7 Å². The van der Waals surface area contributed by atoms with Gasteiger partial charge in [-0.05, 0) is 24.3 Å². The van der Waals surface area contributed by atoms with E-state index in [9.17, 15) is 4.79 Å². The number of hydrogen-bond acceptors (Lipinski definition) is 3. The maximum Gasteiger partial charge on any atom is 0.410 e. The summed E-state index contributed by atoms with van der Waals surface area (Å²) < 4.78 is 5.26. The van der Waals surface area contributed by atoms with Crippen LogP contribution in [0.5, 0.6) is 0 Å². The molecular formula is C14H19NO3. The van der Waals surface area contributed by atoms with Crippen molar-refractivity contribution in [3.63, 3.8) is 0 Å². The Hall–Kier alpha value is -1.55. The molecule has 4 heteroatoms. The minimum Gasteiger partial charge on any atom is -0.445 e. The van der Waals surface area contributed by atoms with Crippen LogP contribution in [-0.4, -0.2) is 35.8 Å². The summed E-state index contributed by atoms with van der Waals surface area (Å²) in [4.78, 5) is 13.5. The van der Waals surface area contributed by atoms with Crippen LogP contribution in [0.4, 0.5) is 4.79 Å². The highest BCUT2D eigenvalue weighted by molar-refractivity contribution is 5.68. The van der Waals surface area contributed by atoms with Gasteiger partial charge in [-0.25, -0.2) is 4.79 Å². The van der Waals surface area contributed by atoms with Gasteiger partial charge in [0.15, 0.2) is 0 Å². The molecule has 0 bridgehead atoms. The molecule has 0 saturated carbocycles. The molecule has 1 amide bonds. The minimum absolute atomic E-state index is 0.192. The van der Waals surface area contributed by atoms with Crippen molar-refractivity contribution >= 4 is 6.09 Å². The number of carbonyl (C=O) groups excluding carboxylic acids is 1. The average molecular weight is 249 g/mol. The first-order valence-corrected chi connectivity index (χ1v) is 6.36. The van der Waals surface area contributed by atoms with Crippen LogP contribution < -0.4 is 0 Å². The van der Waals surface area contributed by atoms with Gasteiger partial charge in [-0.2, -0.15) is 0 Å². The van der Waals surface area contributed by atoms with E-state index in [1.807, 2.05) is 30.3 Å². The molecule has 1 saturated heterocycles. The average Bonchev–Trinajstić information content (AvgIpc) is 2.86. The molecule has 2 rings (SSSR count). The van der Waals surface area contributed by atoms with Crippen LogP contribution >= 0.6 is 0 Å². The molecule has 1 heterocycles. The topological polar surface area (TPSA) is 49.8 Å². The van der Waals surface area contributed by atoms with Crippen molar-refractivity contribution in [3.05, 3.63) is 35.9 Å². The van der Waals surface area contributed by atoms with Gasteiger partial charge in [-0.3, -0.25) is 0 Å². The Morgan fingerprint density at radius 1 is 1.39 bits per heavy atom. The van der Waals surface area contributed by atoms with Crippen molar-refractivity contribution in [1.29, 1.82) is 0 Å². The van der Waals surface area contributed by atoms with Crippen LogP contribution in [0, 0.1) is 5.92 Å². The third kappa shape index (κ3) is 3.47. The van der Waals surface area contributed by atoms with E-state index in [4.69, 9.17) is 9.84 Å². The quantitative estimate of drug-likeness (QED) is 0.888. The summed E-state index contributed by atoms with van der Waals surface area (Å²) in [7, 11) is 0. The molecule has 1 aromatic carbocycles. The monoisotopic (exact) mass is 249 g/mol. The second-order valence-electron chi connectivity index (χ2n) is 4.65. The predicted molar refractivity (Wildman–Crippen MR) is 68.0 cm³/mol. The first kappa shape index (κ1) is 12.9. The number of benzene rings is 1. The van der Waals surface area contributed by atoms with E-state index in [0.29, 0.717) is 19.1 Å². The molecule has 1 atom stereocenters. The van der Waals surface area contributed by atoms with Crippen LogP contribution in [0.3, 0.4) is 0 Å². The Kier molecular flexibility index (Phi) is 4.59. The first-order chi connectivity index (χ1) is 8.79. The number of aliphatic hydroxyl groups is 1. The fourth-order valence-corrected chi connectivity index (χ4v) is 2.23. The van der Waals surface area contributed by atoms with E-state index in [2.05, 4.69) is 0 Å². The fourth-order valence-electron chi connectivity index (χ4n) is 2.23. The van der Waals surface area contributed by atoms with Crippen molar-refractivity contribution in [3.8, 4) is 0 Å². The van der Waals surface area contributed by atoms with E-state index in [1.165, 1.54) is 0 Å². The molecule has 1 fully saturated rings. The second-order valence-corrected chi connectivity index (χ2v) is 4.65. The largest absolute Gasteiger partial charge is 0.445 e. The van der Waals surface area contributed by atoms with Gasteiger partial charge in [0.1, 0.15) is 6.61 Å². The lowest BCUT2D eigenvalue weighted by atomic mass is 10.1. The minimum atomic E-state index is -0.251. The standard InChI is InChI=1S/C14H19NO3/c16-9-7-12-6-8-15(10-12)14(17)18-11-13-4-2-1-3-5-13/h1-5,12,16H,6-11H2/t12-/m0/s1. The summed E-state index contributed by atoms with van der Waals surface area (Å²) in [6.07, 6.45) is 1.48. The molecule has 1 aromatic rings. The van der Waals surface area contributed by atoms with Gasteiger partial charge < -0.3 is 14.7 Å². The lowest BCUT2D eigenvalue weighted by Gasteiger charge is -2.16. The van der Waals surface area contributed by atoms with Gasteiger partial charge in [-0.15, -0.1) is 0 Å². The predicted octanol–water partition coefficient (Wildman–Crippen LogP) is 2.03. The second kappa shape index (κ2) is 6.40. The van der Waals surface area contributed by atoms with Crippen LogP contribution in [0.2, 0.25) is 0 Å². The van der Waals surface area contributed by atoms with E-state index < -0.39 is 0 Å². The van der Waals surface area contributed by atoms with Crippen molar-refractivity contribution in [2.45, 2.75) is 19.4 Å². The van der Waals surface area contributed by atoms with E-state index in [1.54, 1.807) is 4.90 Å². The number of hydrogen-bond donors (Lipinski definition) is 1. The van der Waals surface area contributed by atoms with Gasteiger partial charge in [0.25, 0.3) is 0 Å². The highest BCUT2D eigenvalue weighted by Gasteiger charge is 2.26. The zero-order valence-corrected chi connectivity index (χ0v) is 10.4. The van der Waals surface area contributed by atoms with Crippen molar-refractivity contribution in [2.24, 2.45) is 5.92 Å². The number of carbonyl (C=O) groups is 1. The van der Waals surface area contributed by atoms with E-state index >= 15 is 0 Å². The number of nitrogens with zero attached hydrogens (tertiary/aromatic N) is 1. The van der Waals surface area contributed by atoms with Gasteiger partial charge >= 0.3 is 6.09 Å². The van der Waals surface area contributed by atoms with Crippen LogP contribution in [0.25, 0.3) is 0 Å². The molecule has 4 nitrogen and oxygen atoms in total. The Labute approximate surface area is 107 Å². The summed E-state index contributed by atoms with van der Waals surface area (Å²) in [5, 5.41) is 8.87. The third-order valence-electron chi connectivity index (χ3n) is 3.29. The molecule has 18 heavy (non-hydrogen) atoms. The van der Waals surface area contributed by atoms with Gasteiger partial charge in [0.2, 0.25) is 0 Å². The number of ether oxygens (including phenoxy) is 1. The van der Waals surface area contributed by atoms with Crippen LogP contribution in [0.1, 0.15) is 18.4 Å². The lowest BCUT2D eigenvalue weighted by molar-refractivity contribution is 0.102. The maximum atomic E-state index is 11.8. The summed E-state index contributed by atoms with van der Waals surface area (Å²) in [5.41, 5.74) is 0.997. The molecule has 98 valence electrons. The Balaban J connectivity index is 1.76. The lowest BCUT2D eigenvalue weighted by Crippen LogP contribution is -2.29. The first-order valence-electron chi connectivity index (χ1n) is 6.36. The Morgan fingerprint density at radius 3 is 2.89 bits per heavy atom. The number of likely N-dealkylation sites (tertiary alicyclic amines) is 1. The van der Waals surface area contributed by atoms with Crippen LogP contribution in [-0.2, 0) is 11.3 Å². The van der Waals surface area contributed by atoms with E-state index in [-0.39, 0.29) is 12.7 Å². The highest BCUT2D eigenvalue weighted by Crippen LogP contribution is 2.20.